The van der Waals surface area contributed by atoms with Gasteiger partial charge in [-0.25, -0.2) is 0 Å². The lowest BCUT2D eigenvalue weighted by atomic mass is 10.2. The zero-order chi connectivity index (χ0) is 13.0. The topological polar surface area (TPSA) is 96.2 Å². The molecular formula is C9H21O6P. The van der Waals surface area contributed by atoms with E-state index in [1.54, 1.807) is 27.7 Å². The second kappa shape index (κ2) is 6.10. The molecule has 0 aliphatic carbocycles. The van der Waals surface area contributed by atoms with Crippen LogP contribution in [-0.4, -0.2) is 33.8 Å². The van der Waals surface area contributed by atoms with Gasteiger partial charge in [-0.05, 0) is 11.8 Å². The average molecular weight is 256 g/mol. The van der Waals surface area contributed by atoms with E-state index in [4.69, 9.17) is 19.3 Å². The molecule has 0 aromatic carbocycles. The van der Waals surface area contributed by atoms with Crippen molar-refractivity contribution in [3.8, 4) is 0 Å². The van der Waals surface area contributed by atoms with Gasteiger partial charge in [-0.2, -0.15) is 0 Å². The van der Waals surface area contributed by atoms with Crippen molar-refractivity contribution < 1.29 is 28.9 Å². The van der Waals surface area contributed by atoms with Gasteiger partial charge in [0.1, 0.15) is 0 Å². The Labute approximate surface area is 95.7 Å². The van der Waals surface area contributed by atoms with Gasteiger partial charge in [0.2, 0.25) is 0 Å². The number of ether oxygens (including phenoxy) is 2. The molecule has 0 rings (SSSR count). The van der Waals surface area contributed by atoms with Gasteiger partial charge in [0, 0.05) is 0 Å². The van der Waals surface area contributed by atoms with Crippen molar-refractivity contribution in [1.82, 2.24) is 0 Å². The number of aliphatic hydroxyl groups is 1. The molecule has 0 saturated heterocycles. The molecule has 0 amide bonds. The van der Waals surface area contributed by atoms with Gasteiger partial charge in [0.25, 0.3) is 0 Å². The molecule has 6 nitrogen and oxygen atoms in total. The first-order chi connectivity index (χ1) is 7.08. The van der Waals surface area contributed by atoms with Crippen molar-refractivity contribution in [3.63, 3.8) is 0 Å². The number of rotatable bonds is 7. The van der Waals surface area contributed by atoms with Crippen molar-refractivity contribution in [1.29, 1.82) is 0 Å². The summed E-state index contributed by atoms with van der Waals surface area (Å²) in [6.07, 6.45) is 0. The molecule has 0 heterocycles. The summed E-state index contributed by atoms with van der Waals surface area (Å²) in [5.41, 5.74) is -2.83. The highest BCUT2D eigenvalue weighted by Crippen LogP contribution is 2.50. The SMILES string of the molecule is CC(C)COC(O)(OCC(C)C)P(=O)(O)O. The standard InChI is InChI=1S/C9H21O6P/c1-7(2)5-14-9(10,16(11,12)13)15-6-8(3)4/h7-8,10H,5-6H2,1-4H3,(H2,11,12,13). The highest BCUT2D eigenvalue weighted by atomic mass is 31.2. The van der Waals surface area contributed by atoms with Crippen LogP contribution < -0.4 is 0 Å². The van der Waals surface area contributed by atoms with Gasteiger partial charge in [-0.3, -0.25) is 4.57 Å². The molecule has 0 radical (unpaired) electrons. The summed E-state index contributed by atoms with van der Waals surface area (Å²) in [6, 6.07) is 0. The Morgan fingerprint density at radius 2 is 1.38 bits per heavy atom. The van der Waals surface area contributed by atoms with Crippen molar-refractivity contribution in [2.75, 3.05) is 13.2 Å². The molecular weight excluding hydrogens is 235 g/mol. The Hall–Kier alpha value is 0.0300. The summed E-state index contributed by atoms with van der Waals surface area (Å²) >= 11 is 0. The quantitative estimate of drug-likeness (QED) is 0.466. The fourth-order valence-electron chi connectivity index (χ4n) is 0.760. The first-order valence-corrected chi connectivity index (χ1v) is 6.75. The molecule has 16 heavy (non-hydrogen) atoms. The molecule has 0 aliphatic heterocycles. The molecule has 98 valence electrons. The van der Waals surface area contributed by atoms with E-state index in [1.807, 2.05) is 0 Å². The van der Waals surface area contributed by atoms with Crippen molar-refractivity contribution >= 4 is 7.60 Å². The minimum atomic E-state index is -4.89. The lowest BCUT2D eigenvalue weighted by Gasteiger charge is -2.29. The molecule has 0 atom stereocenters. The minimum absolute atomic E-state index is 0.000292. The van der Waals surface area contributed by atoms with Crippen LogP contribution in [0.5, 0.6) is 0 Å². The summed E-state index contributed by atoms with van der Waals surface area (Å²) in [4.78, 5) is 17.9. The molecule has 0 fully saturated rings. The molecule has 0 aromatic heterocycles. The molecule has 0 aliphatic rings. The average Bonchev–Trinajstić information content (AvgIpc) is 2.09. The lowest BCUT2D eigenvalue weighted by Crippen LogP contribution is -2.37. The molecule has 0 unspecified atom stereocenters. The summed E-state index contributed by atoms with van der Waals surface area (Å²) in [7, 11) is -4.89. The van der Waals surface area contributed by atoms with Gasteiger partial charge in [-0.1, -0.05) is 27.7 Å². The Bertz CT molecular complexity index is 234. The van der Waals surface area contributed by atoms with Gasteiger partial charge in [0.05, 0.1) is 13.2 Å². The highest BCUT2D eigenvalue weighted by Gasteiger charge is 2.49. The van der Waals surface area contributed by atoms with E-state index in [9.17, 15) is 9.67 Å². The van der Waals surface area contributed by atoms with Gasteiger partial charge in [-0.15, -0.1) is 0 Å². The molecule has 0 bridgehead atoms. The van der Waals surface area contributed by atoms with Crippen LogP contribution in [0.1, 0.15) is 27.7 Å². The van der Waals surface area contributed by atoms with E-state index in [0.717, 1.165) is 0 Å². The van der Waals surface area contributed by atoms with Crippen LogP contribution in [-0.2, 0) is 14.0 Å². The third-order valence-corrected chi connectivity index (χ3v) is 2.57. The lowest BCUT2D eigenvalue weighted by molar-refractivity contribution is -0.316. The highest BCUT2D eigenvalue weighted by molar-refractivity contribution is 7.52. The van der Waals surface area contributed by atoms with E-state index >= 15 is 0 Å². The van der Waals surface area contributed by atoms with Gasteiger partial charge >= 0.3 is 13.3 Å². The fourth-order valence-corrected chi connectivity index (χ4v) is 1.25. The maximum Gasteiger partial charge on any atom is 0.414 e. The van der Waals surface area contributed by atoms with Crippen molar-refractivity contribution in [2.24, 2.45) is 11.8 Å². The van der Waals surface area contributed by atoms with E-state index < -0.39 is 13.3 Å². The predicted molar refractivity (Wildman–Crippen MR) is 58.6 cm³/mol. The third-order valence-electron chi connectivity index (χ3n) is 1.58. The molecule has 3 N–H and O–H groups in total. The zero-order valence-electron chi connectivity index (χ0n) is 10.1. The van der Waals surface area contributed by atoms with E-state index in [-0.39, 0.29) is 25.0 Å². The Morgan fingerprint density at radius 1 is 1.06 bits per heavy atom. The fraction of sp³-hybridized carbons (Fsp3) is 1.00. The summed E-state index contributed by atoms with van der Waals surface area (Å²) < 4.78 is 20.6. The third kappa shape index (κ3) is 5.39. The first kappa shape index (κ1) is 16.0. The Morgan fingerprint density at radius 3 is 1.56 bits per heavy atom. The Balaban J connectivity index is 4.56. The normalized spacial score (nSPS) is 13.8. The second-order valence-electron chi connectivity index (χ2n) is 4.50. The van der Waals surface area contributed by atoms with Crippen LogP contribution in [0.15, 0.2) is 0 Å². The van der Waals surface area contributed by atoms with Crippen LogP contribution >= 0.6 is 7.60 Å². The minimum Gasteiger partial charge on any atom is -0.333 e. The zero-order valence-corrected chi connectivity index (χ0v) is 11.0. The maximum atomic E-state index is 11.1. The van der Waals surface area contributed by atoms with E-state index in [2.05, 4.69) is 0 Å². The summed E-state index contributed by atoms with van der Waals surface area (Å²) in [5, 5.41) is 9.64. The van der Waals surface area contributed by atoms with Gasteiger partial charge < -0.3 is 24.4 Å². The first-order valence-electron chi connectivity index (χ1n) is 5.14. The molecule has 0 spiro atoms. The summed E-state index contributed by atoms with van der Waals surface area (Å²) in [5.74, 6) is 0.0569. The summed E-state index contributed by atoms with van der Waals surface area (Å²) in [6.45, 7) is 7.18. The van der Waals surface area contributed by atoms with Crippen LogP contribution in [0.2, 0.25) is 0 Å². The molecule has 0 aromatic rings. The monoisotopic (exact) mass is 256 g/mol. The largest absolute Gasteiger partial charge is 0.414 e. The van der Waals surface area contributed by atoms with Crippen LogP contribution in [0, 0.1) is 11.8 Å². The van der Waals surface area contributed by atoms with Crippen molar-refractivity contribution in [3.05, 3.63) is 0 Å². The van der Waals surface area contributed by atoms with Gasteiger partial charge in [0.15, 0.2) is 0 Å². The van der Waals surface area contributed by atoms with Crippen LogP contribution in [0.3, 0.4) is 0 Å². The van der Waals surface area contributed by atoms with E-state index in [0.29, 0.717) is 0 Å². The number of hydrogen-bond donors (Lipinski definition) is 3. The predicted octanol–water partition coefficient (Wildman–Crippen LogP) is 1.11. The Kier molecular flexibility index (Phi) is 6.11. The molecule has 0 saturated carbocycles. The maximum absolute atomic E-state index is 11.1. The second-order valence-corrected chi connectivity index (χ2v) is 6.16. The van der Waals surface area contributed by atoms with Crippen molar-refractivity contribution in [2.45, 2.75) is 33.4 Å². The van der Waals surface area contributed by atoms with E-state index in [1.165, 1.54) is 0 Å². The van der Waals surface area contributed by atoms with Crippen LogP contribution in [0.4, 0.5) is 0 Å². The smallest absolute Gasteiger partial charge is 0.333 e. The van der Waals surface area contributed by atoms with Crippen LogP contribution in [0.25, 0.3) is 0 Å². The molecule has 7 heteroatoms. The number of hydrogen-bond acceptors (Lipinski definition) is 4.